The molecule has 2 atom stereocenters. The summed E-state index contributed by atoms with van der Waals surface area (Å²) in [5.74, 6) is 1.56. The maximum Gasteiger partial charge on any atom is 0.144 e. The van der Waals surface area contributed by atoms with Crippen LogP contribution in [0, 0.1) is 5.41 Å². The standard InChI is InChI=1S/C13H27N3OS/c1-10-11(2)18-9-8-16(10)7-5-6-13(3,4)12(14)15-17/h10-11,17H,5-9H2,1-4H3,(H2,14,15). The van der Waals surface area contributed by atoms with Gasteiger partial charge in [-0.3, -0.25) is 4.90 Å². The van der Waals surface area contributed by atoms with Gasteiger partial charge in [0.15, 0.2) is 0 Å². The summed E-state index contributed by atoms with van der Waals surface area (Å²) < 4.78 is 0. The summed E-state index contributed by atoms with van der Waals surface area (Å²) in [6.45, 7) is 11.0. The first-order chi connectivity index (χ1) is 8.38. The molecule has 5 heteroatoms. The Labute approximate surface area is 115 Å². The summed E-state index contributed by atoms with van der Waals surface area (Å²) >= 11 is 2.06. The van der Waals surface area contributed by atoms with Gasteiger partial charge >= 0.3 is 0 Å². The molecule has 0 aliphatic carbocycles. The monoisotopic (exact) mass is 273 g/mol. The summed E-state index contributed by atoms with van der Waals surface area (Å²) in [7, 11) is 0. The minimum Gasteiger partial charge on any atom is -0.409 e. The predicted octanol–water partition coefficient (Wildman–Crippen LogP) is 2.37. The van der Waals surface area contributed by atoms with Crippen LogP contribution in [0.15, 0.2) is 5.16 Å². The summed E-state index contributed by atoms with van der Waals surface area (Å²) in [6, 6.07) is 0.649. The van der Waals surface area contributed by atoms with Gasteiger partial charge in [-0.1, -0.05) is 25.9 Å². The quantitative estimate of drug-likeness (QED) is 0.349. The number of hydrogen-bond donors (Lipinski definition) is 2. The van der Waals surface area contributed by atoms with E-state index >= 15 is 0 Å². The van der Waals surface area contributed by atoms with E-state index in [2.05, 4.69) is 35.7 Å². The highest BCUT2D eigenvalue weighted by atomic mass is 32.2. The fraction of sp³-hybridized carbons (Fsp3) is 0.923. The highest BCUT2D eigenvalue weighted by Gasteiger charge is 2.27. The van der Waals surface area contributed by atoms with E-state index in [4.69, 9.17) is 10.9 Å². The van der Waals surface area contributed by atoms with E-state index in [-0.39, 0.29) is 5.41 Å². The third-order valence-corrected chi connectivity index (χ3v) is 5.40. The zero-order valence-corrected chi connectivity index (χ0v) is 12.8. The molecule has 0 aromatic rings. The van der Waals surface area contributed by atoms with Gasteiger partial charge in [-0.15, -0.1) is 0 Å². The molecule has 1 rings (SSSR count). The smallest absolute Gasteiger partial charge is 0.144 e. The van der Waals surface area contributed by atoms with Crippen molar-refractivity contribution in [2.24, 2.45) is 16.3 Å². The van der Waals surface area contributed by atoms with Crippen molar-refractivity contribution in [2.75, 3.05) is 18.8 Å². The number of hydrogen-bond acceptors (Lipinski definition) is 4. The molecule has 1 aliphatic rings. The average Bonchev–Trinajstić information content (AvgIpc) is 2.33. The van der Waals surface area contributed by atoms with Gasteiger partial charge in [0.05, 0.1) is 0 Å². The first-order valence-electron chi connectivity index (χ1n) is 6.72. The molecule has 0 radical (unpaired) electrons. The molecule has 18 heavy (non-hydrogen) atoms. The topological polar surface area (TPSA) is 61.8 Å². The van der Waals surface area contributed by atoms with Crippen LogP contribution in [-0.4, -0.2) is 46.1 Å². The van der Waals surface area contributed by atoms with E-state index in [0.29, 0.717) is 11.9 Å². The molecule has 1 heterocycles. The predicted molar refractivity (Wildman–Crippen MR) is 79.4 cm³/mol. The molecule has 106 valence electrons. The highest BCUT2D eigenvalue weighted by Crippen LogP contribution is 2.26. The molecule has 2 unspecified atom stereocenters. The molecule has 0 amide bonds. The summed E-state index contributed by atoms with van der Waals surface area (Å²) in [5, 5.41) is 12.6. The summed E-state index contributed by atoms with van der Waals surface area (Å²) in [6.07, 6.45) is 2.04. The number of nitrogens with two attached hydrogens (primary N) is 1. The van der Waals surface area contributed by atoms with Crippen molar-refractivity contribution in [3.63, 3.8) is 0 Å². The van der Waals surface area contributed by atoms with Crippen LogP contribution < -0.4 is 5.73 Å². The van der Waals surface area contributed by atoms with E-state index in [1.807, 2.05) is 13.8 Å². The van der Waals surface area contributed by atoms with Gasteiger partial charge in [-0.05, 0) is 26.3 Å². The number of rotatable bonds is 5. The molecule has 0 aromatic carbocycles. The lowest BCUT2D eigenvalue weighted by molar-refractivity contribution is 0.202. The second-order valence-electron chi connectivity index (χ2n) is 5.83. The van der Waals surface area contributed by atoms with Gasteiger partial charge in [0.1, 0.15) is 5.84 Å². The Kier molecular flexibility index (Phi) is 5.79. The van der Waals surface area contributed by atoms with Gasteiger partial charge < -0.3 is 10.9 Å². The maximum atomic E-state index is 8.75. The molecule has 0 saturated carbocycles. The van der Waals surface area contributed by atoms with Crippen molar-refractivity contribution in [1.82, 2.24) is 4.90 Å². The Morgan fingerprint density at radius 1 is 1.50 bits per heavy atom. The van der Waals surface area contributed by atoms with E-state index in [1.165, 1.54) is 12.3 Å². The van der Waals surface area contributed by atoms with Gasteiger partial charge in [-0.2, -0.15) is 11.8 Å². The lowest BCUT2D eigenvalue weighted by Crippen LogP contribution is -2.45. The molecule has 1 fully saturated rings. The SMILES string of the molecule is CC1SCCN(CCCC(C)(C)C(N)=NO)C1C. The zero-order chi connectivity index (χ0) is 13.8. The van der Waals surface area contributed by atoms with Crippen molar-refractivity contribution in [2.45, 2.75) is 51.8 Å². The lowest BCUT2D eigenvalue weighted by Gasteiger charge is -2.38. The zero-order valence-electron chi connectivity index (χ0n) is 12.0. The molecule has 3 N–H and O–H groups in total. The Balaban J connectivity index is 2.37. The van der Waals surface area contributed by atoms with Crippen LogP contribution in [0.25, 0.3) is 0 Å². The van der Waals surface area contributed by atoms with Crippen LogP contribution in [0.3, 0.4) is 0 Å². The van der Waals surface area contributed by atoms with Crippen LogP contribution in [0.2, 0.25) is 0 Å². The molecule has 4 nitrogen and oxygen atoms in total. The Bertz CT molecular complexity index is 294. The van der Waals surface area contributed by atoms with Gasteiger partial charge in [-0.25, -0.2) is 0 Å². The van der Waals surface area contributed by atoms with Crippen molar-refractivity contribution in [3.8, 4) is 0 Å². The first kappa shape index (κ1) is 15.6. The van der Waals surface area contributed by atoms with E-state index < -0.39 is 0 Å². The second-order valence-corrected chi connectivity index (χ2v) is 7.31. The third kappa shape index (κ3) is 4.05. The van der Waals surface area contributed by atoms with E-state index in [1.54, 1.807) is 0 Å². The summed E-state index contributed by atoms with van der Waals surface area (Å²) in [4.78, 5) is 2.56. The number of nitrogens with zero attached hydrogens (tertiary/aromatic N) is 2. The Morgan fingerprint density at radius 3 is 2.78 bits per heavy atom. The van der Waals surface area contributed by atoms with Gasteiger partial charge in [0.25, 0.3) is 0 Å². The largest absolute Gasteiger partial charge is 0.409 e. The normalized spacial score (nSPS) is 27.4. The number of oxime groups is 1. The number of thioether (sulfide) groups is 1. The van der Waals surface area contributed by atoms with Crippen LogP contribution in [0.5, 0.6) is 0 Å². The van der Waals surface area contributed by atoms with Crippen molar-refractivity contribution < 1.29 is 5.21 Å². The molecule has 0 bridgehead atoms. The minimum absolute atomic E-state index is 0.214. The maximum absolute atomic E-state index is 8.75. The molecule has 0 spiro atoms. The van der Waals surface area contributed by atoms with E-state index in [9.17, 15) is 0 Å². The van der Waals surface area contributed by atoms with E-state index in [0.717, 1.165) is 24.6 Å². The van der Waals surface area contributed by atoms with Gasteiger partial charge in [0.2, 0.25) is 0 Å². The number of amidine groups is 1. The Hall–Kier alpha value is -0.420. The van der Waals surface area contributed by atoms with Crippen molar-refractivity contribution in [3.05, 3.63) is 0 Å². The van der Waals surface area contributed by atoms with Crippen molar-refractivity contribution >= 4 is 17.6 Å². The highest BCUT2D eigenvalue weighted by molar-refractivity contribution is 8.00. The van der Waals surface area contributed by atoms with Crippen molar-refractivity contribution in [1.29, 1.82) is 0 Å². The Morgan fingerprint density at radius 2 is 2.17 bits per heavy atom. The fourth-order valence-corrected chi connectivity index (χ4v) is 3.46. The van der Waals surface area contributed by atoms with Crippen LogP contribution in [0.4, 0.5) is 0 Å². The molecular weight excluding hydrogens is 246 g/mol. The first-order valence-corrected chi connectivity index (χ1v) is 7.77. The van der Waals surface area contributed by atoms with Crippen LogP contribution >= 0.6 is 11.8 Å². The lowest BCUT2D eigenvalue weighted by atomic mass is 9.86. The summed E-state index contributed by atoms with van der Waals surface area (Å²) in [5.41, 5.74) is 5.49. The molecule has 0 aromatic heterocycles. The fourth-order valence-electron chi connectivity index (χ4n) is 2.30. The minimum atomic E-state index is -0.214. The third-order valence-electron chi connectivity index (χ3n) is 4.06. The molecular formula is C13H27N3OS. The molecule has 1 saturated heterocycles. The van der Waals surface area contributed by atoms with Crippen LogP contribution in [-0.2, 0) is 0 Å². The van der Waals surface area contributed by atoms with Crippen LogP contribution in [0.1, 0.15) is 40.5 Å². The molecule has 1 aliphatic heterocycles. The second kappa shape index (κ2) is 6.66. The average molecular weight is 273 g/mol. The van der Waals surface area contributed by atoms with Gasteiger partial charge in [0, 0.05) is 29.0 Å².